The van der Waals surface area contributed by atoms with Crippen LogP contribution in [0.3, 0.4) is 0 Å². The second kappa shape index (κ2) is 7.12. The molecule has 0 spiro atoms. The molecule has 0 amide bonds. The topological polar surface area (TPSA) is 35.2 Å². The van der Waals surface area contributed by atoms with Gasteiger partial charge in [0.05, 0.1) is 6.61 Å². The minimum absolute atomic E-state index is 0.0597. The maximum atomic E-state index is 6.34. The van der Waals surface area contributed by atoms with Gasteiger partial charge in [0.25, 0.3) is 0 Å². The summed E-state index contributed by atoms with van der Waals surface area (Å²) < 4.78 is 5.95. The van der Waals surface area contributed by atoms with E-state index in [-0.39, 0.29) is 11.5 Å². The van der Waals surface area contributed by atoms with Crippen LogP contribution in [0.1, 0.15) is 71.6 Å². The van der Waals surface area contributed by atoms with Gasteiger partial charge >= 0.3 is 0 Å². The van der Waals surface area contributed by atoms with Gasteiger partial charge in [0.15, 0.2) is 0 Å². The molecule has 0 aromatic heterocycles. The molecule has 1 atom stereocenters. The highest BCUT2D eigenvalue weighted by Gasteiger charge is 2.19. The van der Waals surface area contributed by atoms with Crippen LogP contribution in [-0.4, -0.2) is 6.61 Å². The first-order valence-corrected chi connectivity index (χ1v) is 7.78. The monoisotopic (exact) mass is 277 g/mol. The summed E-state index contributed by atoms with van der Waals surface area (Å²) in [6.07, 6.45) is 2.08. The molecule has 0 radical (unpaired) electrons. The predicted molar refractivity (Wildman–Crippen MR) is 87.3 cm³/mol. The molecule has 1 aromatic carbocycles. The molecule has 0 aliphatic carbocycles. The molecule has 0 heterocycles. The molecular formula is C18H31NO. The van der Waals surface area contributed by atoms with E-state index in [1.807, 2.05) is 0 Å². The molecule has 2 heteroatoms. The molecule has 0 bridgehead atoms. The fraction of sp³-hybridized carbons (Fsp3) is 0.667. The summed E-state index contributed by atoms with van der Waals surface area (Å²) in [5.74, 6) is 1.47. The van der Waals surface area contributed by atoms with Crippen LogP contribution in [0.2, 0.25) is 0 Å². The molecule has 0 saturated heterocycles. The molecule has 0 aliphatic heterocycles. The van der Waals surface area contributed by atoms with Crippen molar-refractivity contribution in [2.45, 2.75) is 65.8 Å². The van der Waals surface area contributed by atoms with E-state index >= 15 is 0 Å². The first kappa shape index (κ1) is 17.0. The molecule has 0 fully saturated rings. The molecule has 2 nitrogen and oxygen atoms in total. The van der Waals surface area contributed by atoms with Crippen LogP contribution in [-0.2, 0) is 5.41 Å². The Morgan fingerprint density at radius 1 is 1.20 bits per heavy atom. The van der Waals surface area contributed by atoms with Crippen LogP contribution < -0.4 is 10.5 Å². The lowest BCUT2D eigenvalue weighted by atomic mass is 9.85. The minimum Gasteiger partial charge on any atom is -0.493 e. The van der Waals surface area contributed by atoms with Gasteiger partial charge in [-0.2, -0.15) is 0 Å². The van der Waals surface area contributed by atoms with Crippen molar-refractivity contribution in [2.75, 3.05) is 6.61 Å². The maximum absolute atomic E-state index is 6.34. The Kier molecular flexibility index (Phi) is 6.07. The summed E-state index contributed by atoms with van der Waals surface area (Å²) in [5.41, 5.74) is 8.95. The van der Waals surface area contributed by atoms with Gasteiger partial charge in [-0.05, 0) is 29.4 Å². The summed E-state index contributed by atoms with van der Waals surface area (Å²) in [6.45, 7) is 13.9. The zero-order valence-corrected chi connectivity index (χ0v) is 14.0. The van der Waals surface area contributed by atoms with Crippen LogP contribution in [0.15, 0.2) is 18.2 Å². The molecule has 1 aromatic rings. The van der Waals surface area contributed by atoms with Gasteiger partial charge in [0.2, 0.25) is 0 Å². The van der Waals surface area contributed by atoms with Crippen molar-refractivity contribution in [1.82, 2.24) is 0 Å². The fourth-order valence-corrected chi connectivity index (χ4v) is 2.16. The number of nitrogens with two attached hydrogens (primary N) is 1. The standard InChI is InChI=1S/C18H31NO/c1-7-8-16(19)15-11-14(18(4,5)6)9-10-17(15)20-12-13(2)3/h9-11,13,16H,7-8,12,19H2,1-6H3. The van der Waals surface area contributed by atoms with E-state index in [0.717, 1.165) is 30.8 Å². The number of benzene rings is 1. The predicted octanol–water partition coefficient (Wildman–Crippen LogP) is 4.82. The Labute approximate surface area is 124 Å². The molecule has 0 saturated carbocycles. The van der Waals surface area contributed by atoms with Gasteiger partial charge in [-0.25, -0.2) is 0 Å². The molecule has 0 aliphatic rings. The van der Waals surface area contributed by atoms with Gasteiger partial charge in [-0.3, -0.25) is 0 Å². The summed E-state index contributed by atoms with van der Waals surface area (Å²) in [4.78, 5) is 0. The van der Waals surface area contributed by atoms with Gasteiger partial charge in [0.1, 0.15) is 5.75 Å². The quantitative estimate of drug-likeness (QED) is 0.809. The first-order valence-electron chi connectivity index (χ1n) is 7.78. The third-order valence-electron chi connectivity index (χ3n) is 3.45. The molecule has 2 N–H and O–H groups in total. The van der Waals surface area contributed by atoms with E-state index in [0.29, 0.717) is 5.92 Å². The van der Waals surface area contributed by atoms with Gasteiger partial charge < -0.3 is 10.5 Å². The van der Waals surface area contributed by atoms with Crippen molar-refractivity contribution >= 4 is 0 Å². The Morgan fingerprint density at radius 3 is 2.35 bits per heavy atom. The summed E-state index contributed by atoms with van der Waals surface area (Å²) >= 11 is 0. The van der Waals surface area contributed by atoms with Gasteiger partial charge in [0, 0.05) is 11.6 Å². The van der Waals surface area contributed by atoms with Crippen molar-refractivity contribution in [3.05, 3.63) is 29.3 Å². The van der Waals surface area contributed by atoms with E-state index < -0.39 is 0 Å². The summed E-state index contributed by atoms with van der Waals surface area (Å²) in [5, 5.41) is 0. The van der Waals surface area contributed by atoms with E-state index in [1.54, 1.807) is 0 Å². The average Bonchev–Trinajstić information content (AvgIpc) is 2.35. The lowest BCUT2D eigenvalue weighted by Gasteiger charge is -2.24. The van der Waals surface area contributed by atoms with Crippen molar-refractivity contribution in [3.63, 3.8) is 0 Å². The first-order chi connectivity index (χ1) is 9.25. The lowest BCUT2D eigenvalue weighted by molar-refractivity contribution is 0.266. The average molecular weight is 277 g/mol. The Morgan fingerprint density at radius 2 is 1.85 bits per heavy atom. The van der Waals surface area contributed by atoms with E-state index in [4.69, 9.17) is 10.5 Å². The minimum atomic E-state index is 0.0597. The van der Waals surface area contributed by atoms with Crippen molar-refractivity contribution in [2.24, 2.45) is 11.7 Å². The Balaban J connectivity index is 3.09. The molecule has 20 heavy (non-hydrogen) atoms. The Hall–Kier alpha value is -1.02. The van der Waals surface area contributed by atoms with Crippen LogP contribution >= 0.6 is 0 Å². The number of hydrogen-bond acceptors (Lipinski definition) is 2. The SMILES string of the molecule is CCCC(N)c1cc(C(C)(C)C)ccc1OCC(C)C. The normalized spacial score (nSPS) is 13.6. The van der Waals surface area contributed by atoms with E-state index in [9.17, 15) is 0 Å². The maximum Gasteiger partial charge on any atom is 0.124 e. The lowest BCUT2D eigenvalue weighted by Crippen LogP contribution is -2.17. The van der Waals surface area contributed by atoms with Crippen LogP contribution in [0.5, 0.6) is 5.75 Å². The molecular weight excluding hydrogens is 246 g/mol. The Bertz CT molecular complexity index is 418. The van der Waals surface area contributed by atoms with E-state index in [1.165, 1.54) is 5.56 Å². The van der Waals surface area contributed by atoms with Crippen molar-refractivity contribution in [3.8, 4) is 5.75 Å². The third-order valence-corrected chi connectivity index (χ3v) is 3.45. The third kappa shape index (κ3) is 4.82. The number of ether oxygens (including phenoxy) is 1. The second-order valence-corrected chi connectivity index (χ2v) is 7.10. The summed E-state index contributed by atoms with van der Waals surface area (Å²) in [6, 6.07) is 6.55. The zero-order chi connectivity index (χ0) is 15.3. The summed E-state index contributed by atoms with van der Waals surface area (Å²) in [7, 11) is 0. The molecule has 1 unspecified atom stereocenters. The molecule has 114 valence electrons. The fourth-order valence-electron chi connectivity index (χ4n) is 2.16. The van der Waals surface area contributed by atoms with Gasteiger partial charge in [-0.15, -0.1) is 0 Å². The van der Waals surface area contributed by atoms with Crippen LogP contribution in [0.25, 0.3) is 0 Å². The molecule has 1 rings (SSSR count). The highest BCUT2D eigenvalue weighted by molar-refractivity contribution is 5.41. The number of rotatable bonds is 6. The van der Waals surface area contributed by atoms with Crippen LogP contribution in [0.4, 0.5) is 0 Å². The van der Waals surface area contributed by atoms with Crippen LogP contribution in [0, 0.1) is 5.92 Å². The largest absolute Gasteiger partial charge is 0.493 e. The zero-order valence-electron chi connectivity index (χ0n) is 14.0. The highest BCUT2D eigenvalue weighted by Crippen LogP contribution is 2.32. The van der Waals surface area contributed by atoms with Crippen molar-refractivity contribution < 1.29 is 4.74 Å². The number of hydrogen-bond donors (Lipinski definition) is 1. The van der Waals surface area contributed by atoms with Gasteiger partial charge in [-0.1, -0.05) is 60.1 Å². The second-order valence-electron chi connectivity index (χ2n) is 7.10. The smallest absolute Gasteiger partial charge is 0.124 e. The van der Waals surface area contributed by atoms with Crippen molar-refractivity contribution in [1.29, 1.82) is 0 Å². The van der Waals surface area contributed by atoms with E-state index in [2.05, 4.69) is 59.7 Å². The highest BCUT2D eigenvalue weighted by atomic mass is 16.5.